The van der Waals surface area contributed by atoms with Crippen LogP contribution in [0.4, 0.5) is 0 Å². The van der Waals surface area contributed by atoms with Gasteiger partial charge in [-0.2, -0.15) is 0 Å². The maximum Gasteiger partial charge on any atom is 0.472 e. The second-order valence-electron chi connectivity index (χ2n) is 18.5. The Morgan fingerprint density at radius 1 is 0.550 bits per heavy atom. The van der Waals surface area contributed by atoms with Crippen molar-refractivity contribution in [3.05, 3.63) is 36.5 Å². The summed E-state index contributed by atoms with van der Waals surface area (Å²) >= 11 is 0. The summed E-state index contributed by atoms with van der Waals surface area (Å²) in [6, 6.07) is -0.865. The van der Waals surface area contributed by atoms with E-state index in [9.17, 15) is 19.4 Å². The van der Waals surface area contributed by atoms with Crippen LogP contribution in [-0.4, -0.2) is 73.4 Å². The number of unbranched alkanes of at least 4 members (excludes halogenated alkanes) is 29. The van der Waals surface area contributed by atoms with Gasteiger partial charge in [0.15, 0.2) is 0 Å². The molecule has 0 aromatic carbocycles. The van der Waals surface area contributed by atoms with E-state index in [-0.39, 0.29) is 19.1 Å². The molecule has 8 nitrogen and oxygen atoms in total. The van der Waals surface area contributed by atoms with E-state index < -0.39 is 20.0 Å². The van der Waals surface area contributed by atoms with E-state index in [1.54, 1.807) is 6.08 Å². The van der Waals surface area contributed by atoms with Gasteiger partial charge in [-0.05, 0) is 44.9 Å². The maximum atomic E-state index is 12.8. The zero-order valence-electron chi connectivity index (χ0n) is 40.2. The molecule has 0 radical (unpaired) electrons. The lowest BCUT2D eigenvalue weighted by Gasteiger charge is -2.25. The molecule has 354 valence electrons. The van der Waals surface area contributed by atoms with Crippen LogP contribution in [0.3, 0.4) is 0 Å². The van der Waals surface area contributed by atoms with Gasteiger partial charge in [0.2, 0.25) is 5.91 Å². The summed E-state index contributed by atoms with van der Waals surface area (Å²) in [4.78, 5) is 23.1. The normalized spacial score (nSPS) is 14.4. The van der Waals surface area contributed by atoms with E-state index in [1.807, 2.05) is 27.2 Å². The molecule has 3 N–H and O–H groups in total. The molecule has 0 heterocycles. The van der Waals surface area contributed by atoms with Crippen LogP contribution in [0.15, 0.2) is 36.5 Å². The molecule has 0 rings (SSSR count). The van der Waals surface area contributed by atoms with Gasteiger partial charge in [-0.15, -0.1) is 0 Å². The number of allylic oxidation sites excluding steroid dienone is 5. The lowest BCUT2D eigenvalue weighted by molar-refractivity contribution is -0.870. The van der Waals surface area contributed by atoms with Crippen molar-refractivity contribution >= 4 is 13.7 Å². The highest BCUT2D eigenvalue weighted by molar-refractivity contribution is 7.47. The third kappa shape index (κ3) is 44.8. The van der Waals surface area contributed by atoms with Crippen LogP contribution in [0, 0.1) is 0 Å². The predicted molar refractivity (Wildman–Crippen MR) is 258 cm³/mol. The number of hydrogen-bond acceptors (Lipinski definition) is 5. The van der Waals surface area contributed by atoms with E-state index in [0.717, 1.165) is 44.9 Å². The molecule has 1 amide bonds. The van der Waals surface area contributed by atoms with E-state index >= 15 is 0 Å². The Labute approximate surface area is 372 Å². The zero-order valence-corrected chi connectivity index (χ0v) is 41.1. The summed E-state index contributed by atoms with van der Waals surface area (Å²) in [6.07, 6.45) is 53.9. The van der Waals surface area contributed by atoms with Crippen LogP contribution in [0.5, 0.6) is 0 Å². The molecule has 0 aliphatic heterocycles. The fraction of sp³-hybridized carbons (Fsp3) is 0.863. The Bertz CT molecular complexity index is 1070. The molecule has 0 aliphatic carbocycles. The topological polar surface area (TPSA) is 105 Å². The molecule has 0 aromatic heterocycles. The minimum Gasteiger partial charge on any atom is -0.387 e. The number of nitrogens with one attached hydrogen (secondary N) is 1. The monoisotopic (exact) mass is 868 g/mol. The van der Waals surface area contributed by atoms with Crippen molar-refractivity contribution in [3.63, 3.8) is 0 Å². The SMILES string of the molecule is CCCCCCCCCCCCCCCCCCC/C=C/CC/C=C/CC/C=C/C(O)C(COP(=O)(O)OCC[N+](C)(C)C)NC(=O)CCCCCCCCCCCCC. The molecule has 0 aliphatic rings. The molecule has 0 bridgehead atoms. The average molecular weight is 868 g/mol. The minimum atomic E-state index is -4.35. The summed E-state index contributed by atoms with van der Waals surface area (Å²) in [5.41, 5.74) is 0. The van der Waals surface area contributed by atoms with Crippen molar-refractivity contribution in [2.24, 2.45) is 0 Å². The number of quaternary nitrogens is 1. The molecular weight excluding hydrogens is 768 g/mol. The fourth-order valence-corrected chi connectivity index (χ4v) is 8.05. The third-order valence-electron chi connectivity index (χ3n) is 11.3. The fourth-order valence-electron chi connectivity index (χ4n) is 7.31. The summed E-state index contributed by atoms with van der Waals surface area (Å²) in [5.74, 6) is -0.192. The Hall–Kier alpha value is -1.28. The molecule has 9 heteroatoms. The number of amides is 1. The molecule has 0 saturated carbocycles. The van der Waals surface area contributed by atoms with Gasteiger partial charge in [-0.25, -0.2) is 4.57 Å². The molecular formula is C51H100N2O6P+. The number of likely N-dealkylation sites (N-methyl/N-ethyl adjacent to an activating group) is 1. The Balaban J connectivity index is 4.26. The summed E-state index contributed by atoms with van der Waals surface area (Å²) in [7, 11) is 1.55. The van der Waals surface area contributed by atoms with Gasteiger partial charge in [0, 0.05) is 6.42 Å². The van der Waals surface area contributed by atoms with Crippen LogP contribution >= 0.6 is 7.82 Å². The van der Waals surface area contributed by atoms with Crippen molar-refractivity contribution < 1.29 is 32.9 Å². The number of hydrogen-bond donors (Lipinski definition) is 3. The molecule has 3 atom stereocenters. The predicted octanol–water partition coefficient (Wildman–Crippen LogP) is 14.6. The van der Waals surface area contributed by atoms with Crippen LogP contribution < -0.4 is 5.32 Å². The Morgan fingerprint density at radius 3 is 1.33 bits per heavy atom. The summed E-state index contributed by atoms with van der Waals surface area (Å²) in [6.45, 7) is 4.79. The first-order chi connectivity index (χ1) is 29.0. The smallest absolute Gasteiger partial charge is 0.387 e. The first-order valence-corrected chi connectivity index (χ1v) is 26.9. The lowest BCUT2D eigenvalue weighted by Crippen LogP contribution is -2.45. The summed E-state index contributed by atoms with van der Waals surface area (Å²) in [5, 5.41) is 13.8. The van der Waals surface area contributed by atoms with E-state index in [4.69, 9.17) is 9.05 Å². The Morgan fingerprint density at radius 2 is 0.917 bits per heavy atom. The highest BCUT2D eigenvalue weighted by Crippen LogP contribution is 2.43. The Kier molecular flexibility index (Phi) is 42.1. The molecule has 0 spiro atoms. The molecule has 0 fully saturated rings. The standard InChI is InChI=1S/C51H99N2O6P/c1-6-8-10-12-14-16-18-19-20-21-22-23-24-25-26-27-28-29-30-31-32-33-35-36-38-40-42-44-50(54)49(48-59-60(56,57)58-47-46-53(3,4)5)52-51(55)45-43-41-39-37-34-17-15-13-11-9-7-2/h30-31,35-36,42,44,49-50,54H,6-29,32-34,37-41,43,45-48H2,1-5H3,(H-,52,55,56,57)/p+1/b31-30+,36-35+,44-42+. The van der Waals surface area contributed by atoms with Gasteiger partial charge in [0.05, 0.1) is 39.9 Å². The number of nitrogens with zero attached hydrogens (tertiary/aromatic N) is 1. The highest BCUT2D eigenvalue weighted by Gasteiger charge is 2.27. The van der Waals surface area contributed by atoms with Gasteiger partial charge >= 0.3 is 7.82 Å². The average Bonchev–Trinajstić information content (AvgIpc) is 3.20. The number of carbonyl (C=O) groups is 1. The number of phosphoric acid groups is 1. The highest BCUT2D eigenvalue weighted by atomic mass is 31.2. The number of aliphatic hydroxyl groups excluding tert-OH is 1. The number of aliphatic hydroxyl groups is 1. The van der Waals surface area contributed by atoms with Crippen molar-refractivity contribution in [1.82, 2.24) is 5.32 Å². The second-order valence-corrected chi connectivity index (χ2v) is 20.0. The number of phosphoric ester groups is 1. The van der Waals surface area contributed by atoms with Crippen molar-refractivity contribution in [3.8, 4) is 0 Å². The van der Waals surface area contributed by atoms with E-state index in [0.29, 0.717) is 17.4 Å². The van der Waals surface area contributed by atoms with Crippen LogP contribution in [-0.2, 0) is 18.4 Å². The largest absolute Gasteiger partial charge is 0.472 e. The zero-order chi connectivity index (χ0) is 44.3. The van der Waals surface area contributed by atoms with Gasteiger partial charge in [-0.3, -0.25) is 13.8 Å². The van der Waals surface area contributed by atoms with Crippen LogP contribution in [0.25, 0.3) is 0 Å². The van der Waals surface area contributed by atoms with Gasteiger partial charge in [0.25, 0.3) is 0 Å². The number of rotatable bonds is 46. The number of carbonyl (C=O) groups excluding carboxylic acids is 1. The van der Waals surface area contributed by atoms with Gasteiger partial charge in [0.1, 0.15) is 13.2 Å². The molecule has 0 aromatic rings. The van der Waals surface area contributed by atoms with Gasteiger partial charge < -0.3 is 19.8 Å². The maximum absolute atomic E-state index is 12.8. The third-order valence-corrected chi connectivity index (χ3v) is 12.3. The molecule has 3 unspecified atom stereocenters. The van der Waals surface area contributed by atoms with Crippen LogP contribution in [0.1, 0.15) is 232 Å². The van der Waals surface area contributed by atoms with Crippen molar-refractivity contribution in [1.29, 1.82) is 0 Å². The van der Waals surface area contributed by atoms with Crippen molar-refractivity contribution in [2.45, 2.75) is 244 Å². The molecule has 60 heavy (non-hydrogen) atoms. The minimum absolute atomic E-state index is 0.0546. The second kappa shape index (κ2) is 43.0. The van der Waals surface area contributed by atoms with Crippen molar-refractivity contribution in [2.75, 3.05) is 40.9 Å². The first-order valence-electron chi connectivity index (χ1n) is 25.4. The van der Waals surface area contributed by atoms with Gasteiger partial charge in [-0.1, -0.05) is 217 Å². The molecule has 0 saturated heterocycles. The van der Waals surface area contributed by atoms with E-state index in [2.05, 4.69) is 43.5 Å². The van der Waals surface area contributed by atoms with Crippen LogP contribution in [0.2, 0.25) is 0 Å². The summed E-state index contributed by atoms with van der Waals surface area (Å²) < 4.78 is 23.6. The first kappa shape index (κ1) is 58.7. The lowest BCUT2D eigenvalue weighted by atomic mass is 10.0. The quantitative estimate of drug-likeness (QED) is 0.0244. The van der Waals surface area contributed by atoms with E-state index in [1.165, 1.54) is 167 Å².